The lowest BCUT2D eigenvalue weighted by molar-refractivity contribution is -0.380. The quantitative estimate of drug-likeness (QED) is 0.625. The summed E-state index contributed by atoms with van der Waals surface area (Å²) in [4.78, 5) is 11.2. The van der Waals surface area contributed by atoms with Crippen LogP contribution in [0.25, 0.3) is 6.08 Å². The maximum absolute atomic E-state index is 10.6. The average Bonchev–Trinajstić information content (AvgIpc) is 2.72. The number of hydrogen-bond acceptors (Lipinski definition) is 4. The lowest BCUT2D eigenvalue weighted by Crippen LogP contribution is -2.24. The standard InChI is InChI=1S/C12H18N2O2S/c1-4-10(8-13-9(2)3)7-11-5-6-12(17-11)14(15)16/h5-7,9,13H,4,8H2,1-3H3/b10-7-. The van der Waals surface area contributed by atoms with E-state index >= 15 is 0 Å². The Morgan fingerprint density at radius 3 is 2.76 bits per heavy atom. The summed E-state index contributed by atoms with van der Waals surface area (Å²) in [5.41, 5.74) is 1.26. The predicted octanol–water partition coefficient (Wildman–Crippen LogP) is 3.45. The minimum atomic E-state index is -0.347. The van der Waals surface area contributed by atoms with Crippen LogP contribution in [0.1, 0.15) is 32.1 Å². The minimum Gasteiger partial charge on any atom is -0.311 e. The van der Waals surface area contributed by atoms with Gasteiger partial charge in [0.1, 0.15) is 0 Å². The van der Waals surface area contributed by atoms with Crippen molar-refractivity contribution in [2.45, 2.75) is 33.2 Å². The van der Waals surface area contributed by atoms with Crippen molar-refractivity contribution in [1.29, 1.82) is 0 Å². The zero-order chi connectivity index (χ0) is 12.8. The van der Waals surface area contributed by atoms with Gasteiger partial charge in [0.2, 0.25) is 0 Å². The first-order valence-corrected chi connectivity index (χ1v) is 6.51. The number of nitrogens with zero attached hydrogens (tertiary/aromatic N) is 1. The molecule has 0 saturated carbocycles. The second kappa shape index (κ2) is 6.51. The Labute approximate surface area is 106 Å². The van der Waals surface area contributed by atoms with E-state index in [0.29, 0.717) is 6.04 Å². The van der Waals surface area contributed by atoms with Gasteiger partial charge in [0.25, 0.3) is 0 Å². The van der Waals surface area contributed by atoms with Crippen LogP contribution >= 0.6 is 11.3 Å². The van der Waals surface area contributed by atoms with E-state index in [1.54, 1.807) is 12.1 Å². The Bertz CT molecular complexity index is 410. The van der Waals surface area contributed by atoms with Crippen LogP contribution in [0, 0.1) is 10.1 Å². The van der Waals surface area contributed by atoms with Crippen molar-refractivity contribution < 1.29 is 4.92 Å². The molecule has 17 heavy (non-hydrogen) atoms. The SMILES string of the molecule is CC/C(=C/c1ccc([N+](=O)[O-])s1)CNC(C)C. The fourth-order valence-corrected chi connectivity index (χ4v) is 2.15. The molecular formula is C12H18N2O2S. The second-order valence-electron chi connectivity index (χ2n) is 4.12. The molecule has 0 amide bonds. The molecule has 4 nitrogen and oxygen atoms in total. The van der Waals surface area contributed by atoms with E-state index in [0.717, 1.165) is 17.8 Å². The number of hydrogen-bond donors (Lipinski definition) is 1. The molecule has 1 aromatic rings. The molecule has 0 aliphatic heterocycles. The molecule has 5 heteroatoms. The summed E-state index contributed by atoms with van der Waals surface area (Å²) in [6.45, 7) is 7.13. The van der Waals surface area contributed by atoms with Crippen LogP contribution < -0.4 is 5.32 Å². The molecule has 0 atom stereocenters. The molecular weight excluding hydrogens is 236 g/mol. The number of nitrogens with one attached hydrogen (secondary N) is 1. The van der Waals surface area contributed by atoms with Gasteiger partial charge < -0.3 is 5.32 Å². The van der Waals surface area contributed by atoms with Crippen LogP contribution in [-0.2, 0) is 0 Å². The van der Waals surface area contributed by atoms with Gasteiger partial charge in [0.15, 0.2) is 0 Å². The molecule has 0 aliphatic carbocycles. The first kappa shape index (κ1) is 13.9. The molecule has 0 saturated heterocycles. The van der Waals surface area contributed by atoms with Gasteiger partial charge in [-0.2, -0.15) is 0 Å². The van der Waals surface area contributed by atoms with Gasteiger partial charge in [0, 0.05) is 23.5 Å². The van der Waals surface area contributed by atoms with E-state index in [4.69, 9.17) is 0 Å². The molecule has 0 unspecified atom stereocenters. The van der Waals surface area contributed by atoms with Crippen LogP contribution in [0.4, 0.5) is 5.00 Å². The summed E-state index contributed by atoms with van der Waals surface area (Å²) < 4.78 is 0. The average molecular weight is 254 g/mol. The topological polar surface area (TPSA) is 55.2 Å². The molecule has 1 heterocycles. The zero-order valence-corrected chi connectivity index (χ0v) is 11.2. The van der Waals surface area contributed by atoms with Gasteiger partial charge in [0.05, 0.1) is 4.92 Å². The van der Waals surface area contributed by atoms with Gasteiger partial charge >= 0.3 is 5.00 Å². The maximum Gasteiger partial charge on any atom is 0.324 e. The lowest BCUT2D eigenvalue weighted by atomic mass is 10.1. The van der Waals surface area contributed by atoms with E-state index in [1.807, 2.05) is 6.08 Å². The molecule has 94 valence electrons. The highest BCUT2D eigenvalue weighted by molar-refractivity contribution is 7.16. The van der Waals surface area contributed by atoms with E-state index in [-0.39, 0.29) is 9.92 Å². The third kappa shape index (κ3) is 4.66. The summed E-state index contributed by atoms with van der Waals surface area (Å²) >= 11 is 1.22. The monoisotopic (exact) mass is 254 g/mol. The Morgan fingerprint density at radius 1 is 1.59 bits per heavy atom. The first-order chi connectivity index (χ1) is 8.02. The highest BCUT2D eigenvalue weighted by Crippen LogP contribution is 2.26. The number of thiophene rings is 1. The van der Waals surface area contributed by atoms with Gasteiger partial charge in [-0.25, -0.2) is 0 Å². The summed E-state index contributed by atoms with van der Waals surface area (Å²) in [5, 5.41) is 14.1. The summed E-state index contributed by atoms with van der Waals surface area (Å²) in [7, 11) is 0. The van der Waals surface area contributed by atoms with Crippen molar-refractivity contribution in [3.05, 3.63) is 32.7 Å². The van der Waals surface area contributed by atoms with Crippen molar-refractivity contribution in [3.63, 3.8) is 0 Å². The second-order valence-corrected chi connectivity index (χ2v) is 5.22. The predicted molar refractivity (Wildman–Crippen MR) is 72.4 cm³/mol. The molecule has 1 rings (SSSR count). The fraction of sp³-hybridized carbons (Fsp3) is 0.500. The number of nitro groups is 1. The summed E-state index contributed by atoms with van der Waals surface area (Å²) in [6.07, 6.45) is 2.98. The van der Waals surface area contributed by atoms with Crippen molar-refractivity contribution in [2.75, 3.05) is 6.54 Å². The van der Waals surface area contributed by atoms with Crippen molar-refractivity contribution in [1.82, 2.24) is 5.32 Å². The van der Waals surface area contributed by atoms with Crippen LogP contribution in [0.2, 0.25) is 0 Å². The third-order valence-corrected chi connectivity index (χ3v) is 3.31. The van der Waals surface area contributed by atoms with Crippen LogP contribution in [0.3, 0.4) is 0 Å². The lowest BCUT2D eigenvalue weighted by Gasteiger charge is -2.09. The molecule has 0 aromatic carbocycles. The van der Waals surface area contributed by atoms with Crippen molar-refractivity contribution >= 4 is 22.4 Å². The Balaban J connectivity index is 2.72. The first-order valence-electron chi connectivity index (χ1n) is 5.70. The smallest absolute Gasteiger partial charge is 0.311 e. The summed E-state index contributed by atoms with van der Waals surface area (Å²) in [6, 6.07) is 3.80. The molecule has 0 radical (unpaired) electrons. The molecule has 0 aliphatic rings. The van der Waals surface area contributed by atoms with E-state index in [1.165, 1.54) is 16.9 Å². The normalized spacial score (nSPS) is 12.1. The molecule has 0 bridgehead atoms. The van der Waals surface area contributed by atoms with Gasteiger partial charge in [-0.15, -0.1) is 0 Å². The Hall–Kier alpha value is -1.20. The Kier molecular flexibility index (Phi) is 5.31. The van der Waals surface area contributed by atoms with E-state index < -0.39 is 0 Å². The van der Waals surface area contributed by atoms with Crippen molar-refractivity contribution in [3.8, 4) is 0 Å². The molecule has 1 N–H and O–H groups in total. The largest absolute Gasteiger partial charge is 0.324 e. The maximum atomic E-state index is 10.6. The summed E-state index contributed by atoms with van der Waals surface area (Å²) in [5.74, 6) is 0. The Morgan fingerprint density at radius 2 is 2.29 bits per heavy atom. The van der Waals surface area contributed by atoms with Gasteiger partial charge in [-0.3, -0.25) is 10.1 Å². The molecule has 0 spiro atoms. The van der Waals surface area contributed by atoms with Crippen molar-refractivity contribution in [2.24, 2.45) is 0 Å². The highest BCUT2D eigenvalue weighted by atomic mass is 32.1. The van der Waals surface area contributed by atoms with Crippen LogP contribution in [0.5, 0.6) is 0 Å². The number of rotatable bonds is 6. The van der Waals surface area contributed by atoms with Gasteiger partial charge in [-0.1, -0.05) is 37.7 Å². The fourth-order valence-electron chi connectivity index (χ4n) is 1.33. The molecule has 0 fully saturated rings. The highest BCUT2D eigenvalue weighted by Gasteiger charge is 2.08. The third-order valence-electron chi connectivity index (χ3n) is 2.33. The van der Waals surface area contributed by atoms with E-state index in [9.17, 15) is 10.1 Å². The molecule has 1 aromatic heterocycles. The van der Waals surface area contributed by atoms with Gasteiger partial charge in [-0.05, 0) is 18.6 Å². The van der Waals surface area contributed by atoms with E-state index in [2.05, 4.69) is 26.1 Å². The zero-order valence-electron chi connectivity index (χ0n) is 10.4. The van der Waals surface area contributed by atoms with Crippen LogP contribution in [-0.4, -0.2) is 17.5 Å². The van der Waals surface area contributed by atoms with Crippen LogP contribution in [0.15, 0.2) is 17.7 Å². The minimum absolute atomic E-state index is 0.198.